The molecule has 12 heteroatoms. The van der Waals surface area contributed by atoms with E-state index in [0.717, 1.165) is 38.5 Å². The molecule has 0 fully saturated rings. The molecule has 0 aliphatic rings. The van der Waals surface area contributed by atoms with Crippen molar-refractivity contribution in [3.05, 3.63) is 0 Å². The van der Waals surface area contributed by atoms with Gasteiger partial charge in [0.1, 0.15) is 12.7 Å². The molecule has 0 aliphatic carbocycles. The minimum atomic E-state index is -4.75. The number of phosphoric ester groups is 1. The fraction of sp³-hybridized carbons (Fsp3) is 0.940. The van der Waals surface area contributed by atoms with Crippen molar-refractivity contribution in [1.29, 1.82) is 0 Å². The molecule has 11 nitrogen and oxygen atoms in total. The SMILES string of the molecule is CCCCCCCCCCCCCCCCCCCCCCCCCCC(=O)OCC(O)COP(=O)(O)OCC(NC(=O)CCCCCCCCCCCCCCCC)C(=O)O. The number of carboxylic acid groups (broad SMARTS) is 1. The van der Waals surface area contributed by atoms with Crippen LogP contribution in [0.15, 0.2) is 0 Å². The molecule has 0 aromatic heterocycles. The molecule has 4 N–H and O–H groups in total. The van der Waals surface area contributed by atoms with E-state index in [0.29, 0.717) is 12.8 Å². The summed E-state index contributed by atoms with van der Waals surface area (Å²) in [5, 5.41) is 21.9. The summed E-state index contributed by atoms with van der Waals surface area (Å²) in [6.07, 6.45) is 47.1. The van der Waals surface area contributed by atoms with Crippen molar-refractivity contribution >= 4 is 25.7 Å². The van der Waals surface area contributed by atoms with E-state index in [-0.39, 0.29) is 12.8 Å². The van der Waals surface area contributed by atoms with Crippen LogP contribution in [0.2, 0.25) is 0 Å². The standard InChI is InChI=1S/C50H98NO10P/c1-3-5-7-9-11-13-15-17-19-20-21-22-23-24-25-26-27-28-30-32-34-36-38-40-42-49(54)59-43-46(52)44-60-62(57,58)61-45-47(50(55)56)51-48(53)41-39-37-35-33-31-29-18-16-14-12-10-8-6-4-2/h46-47,52H,3-45H2,1-2H3,(H,51,53)(H,55,56)(H,57,58). The van der Waals surface area contributed by atoms with Gasteiger partial charge in [-0.05, 0) is 12.8 Å². The van der Waals surface area contributed by atoms with E-state index in [1.54, 1.807) is 0 Å². The molecule has 0 aromatic carbocycles. The van der Waals surface area contributed by atoms with Crippen LogP contribution in [0.1, 0.15) is 271 Å². The average molecular weight is 904 g/mol. The first kappa shape index (κ1) is 60.5. The summed E-state index contributed by atoms with van der Waals surface area (Å²) in [6.45, 7) is 2.65. The van der Waals surface area contributed by atoms with Crippen LogP contribution < -0.4 is 5.32 Å². The number of carbonyl (C=O) groups excluding carboxylic acids is 2. The molecule has 368 valence electrons. The van der Waals surface area contributed by atoms with Crippen LogP contribution >= 0.6 is 7.82 Å². The number of phosphoric acid groups is 1. The number of aliphatic carboxylic acids is 1. The first-order valence-corrected chi connectivity index (χ1v) is 27.6. The molecule has 0 bridgehead atoms. The maximum Gasteiger partial charge on any atom is 0.472 e. The molecule has 0 radical (unpaired) electrons. The summed E-state index contributed by atoms with van der Waals surface area (Å²) in [5.41, 5.74) is 0. The van der Waals surface area contributed by atoms with Gasteiger partial charge in [-0.25, -0.2) is 9.36 Å². The van der Waals surface area contributed by atoms with Gasteiger partial charge in [0, 0.05) is 12.8 Å². The van der Waals surface area contributed by atoms with E-state index < -0.39 is 57.6 Å². The highest BCUT2D eigenvalue weighted by Crippen LogP contribution is 2.43. The van der Waals surface area contributed by atoms with Crippen molar-refractivity contribution in [1.82, 2.24) is 5.32 Å². The van der Waals surface area contributed by atoms with Crippen LogP contribution in [-0.2, 0) is 32.7 Å². The Labute approximate surface area is 380 Å². The number of unbranched alkanes of at least 4 members (excludes halogenated alkanes) is 36. The largest absolute Gasteiger partial charge is 0.480 e. The number of hydrogen-bond donors (Lipinski definition) is 4. The van der Waals surface area contributed by atoms with Gasteiger partial charge in [0.25, 0.3) is 0 Å². The van der Waals surface area contributed by atoms with Gasteiger partial charge in [0.2, 0.25) is 5.91 Å². The second kappa shape index (κ2) is 46.0. The third-order valence-electron chi connectivity index (χ3n) is 11.9. The van der Waals surface area contributed by atoms with Gasteiger partial charge in [0.15, 0.2) is 6.04 Å². The summed E-state index contributed by atoms with van der Waals surface area (Å²) >= 11 is 0. The summed E-state index contributed by atoms with van der Waals surface area (Å²) in [4.78, 5) is 46.0. The zero-order valence-electron chi connectivity index (χ0n) is 40.2. The first-order chi connectivity index (χ1) is 30.1. The average Bonchev–Trinajstić information content (AvgIpc) is 3.25. The zero-order chi connectivity index (χ0) is 45.6. The molecule has 0 aliphatic heterocycles. The Bertz CT molecular complexity index is 1060. The Morgan fingerprint density at radius 1 is 0.452 bits per heavy atom. The number of carbonyl (C=O) groups is 3. The zero-order valence-corrected chi connectivity index (χ0v) is 41.1. The van der Waals surface area contributed by atoms with Crippen molar-refractivity contribution in [2.75, 3.05) is 19.8 Å². The summed E-state index contributed by atoms with van der Waals surface area (Å²) in [6, 6.07) is -1.54. The molecule has 0 rings (SSSR count). The van der Waals surface area contributed by atoms with E-state index in [1.807, 2.05) is 0 Å². The van der Waals surface area contributed by atoms with E-state index in [4.69, 9.17) is 13.8 Å². The number of amides is 1. The van der Waals surface area contributed by atoms with Crippen molar-refractivity contribution in [2.24, 2.45) is 0 Å². The number of carboxylic acids is 1. The predicted octanol–water partition coefficient (Wildman–Crippen LogP) is 14.2. The number of rotatable bonds is 50. The minimum Gasteiger partial charge on any atom is -0.480 e. The van der Waals surface area contributed by atoms with Crippen LogP contribution in [0.3, 0.4) is 0 Å². The van der Waals surface area contributed by atoms with Gasteiger partial charge in [-0.3, -0.25) is 18.6 Å². The molecule has 3 unspecified atom stereocenters. The van der Waals surface area contributed by atoms with E-state index in [9.17, 15) is 34.1 Å². The van der Waals surface area contributed by atoms with Crippen molar-refractivity contribution in [3.8, 4) is 0 Å². The number of esters is 1. The van der Waals surface area contributed by atoms with Gasteiger partial charge in [0.05, 0.1) is 13.2 Å². The molecule has 0 heterocycles. The lowest BCUT2D eigenvalue weighted by molar-refractivity contribution is -0.147. The maximum absolute atomic E-state index is 12.3. The lowest BCUT2D eigenvalue weighted by Crippen LogP contribution is -2.43. The van der Waals surface area contributed by atoms with Crippen molar-refractivity contribution in [3.63, 3.8) is 0 Å². The second-order valence-electron chi connectivity index (χ2n) is 18.1. The highest BCUT2D eigenvalue weighted by Gasteiger charge is 2.28. The molecule has 0 aromatic rings. The van der Waals surface area contributed by atoms with Gasteiger partial charge >= 0.3 is 19.8 Å². The number of nitrogens with one attached hydrogen (secondary N) is 1. The molecule has 62 heavy (non-hydrogen) atoms. The van der Waals surface area contributed by atoms with Crippen LogP contribution in [-0.4, -0.2) is 64.9 Å². The molecule has 0 spiro atoms. The lowest BCUT2D eigenvalue weighted by Gasteiger charge is -2.18. The fourth-order valence-corrected chi connectivity index (χ4v) is 8.62. The summed E-state index contributed by atoms with van der Waals surface area (Å²) in [5.74, 6) is -2.35. The third kappa shape index (κ3) is 45.1. The van der Waals surface area contributed by atoms with Gasteiger partial charge in [-0.2, -0.15) is 0 Å². The Morgan fingerprint density at radius 3 is 1.06 bits per heavy atom. The summed E-state index contributed by atoms with van der Waals surface area (Å²) < 4.78 is 26.9. The Balaban J connectivity index is 3.73. The van der Waals surface area contributed by atoms with Crippen LogP contribution in [0, 0.1) is 0 Å². The van der Waals surface area contributed by atoms with E-state index in [2.05, 4.69) is 19.2 Å². The number of aliphatic hydroxyl groups is 1. The first-order valence-electron chi connectivity index (χ1n) is 26.1. The lowest BCUT2D eigenvalue weighted by atomic mass is 10.0. The third-order valence-corrected chi connectivity index (χ3v) is 12.8. The highest BCUT2D eigenvalue weighted by atomic mass is 31.2. The van der Waals surface area contributed by atoms with Gasteiger partial charge in [-0.1, -0.05) is 245 Å². The molecule has 0 saturated carbocycles. The smallest absolute Gasteiger partial charge is 0.472 e. The second-order valence-corrected chi connectivity index (χ2v) is 19.5. The molecular weight excluding hydrogens is 806 g/mol. The topological polar surface area (TPSA) is 169 Å². The number of hydrogen-bond acceptors (Lipinski definition) is 8. The van der Waals surface area contributed by atoms with E-state index in [1.165, 1.54) is 193 Å². The number of ether oxygens (including phenoxy) is 1. The highest BCUT2D eigenvalue weighted by molar-refractivity contribution is 7.47. The number of aliphatic hydroxyl groups excluding tert-OH is 1. The normalized spacial score (nSPS) is 13.5. The minimum absolute atomic E-state index is 0.152. The quantitative estimate of drug-likeness (QED) is 0.0262. The maximum atomic E-state index is 12.3. The monoisotopic (exact) mass is 904 g/mol. The van der Waals surface area contributed by atoms with Gasteiger partial charge < -0.3 is 25.2 Å². The fourth-order valence-electron chi connectivity index (χ4n) is 7.85. The molecule has 3 atom stereocenters. The Morgan fingerprint density at radius 2 is 0.742 bits per heavy atom. The Hall–Kier alpha value is -1.52. The summed E-state index contributed by atoms with van der Waals surface area (Å²) in [7, 11) is -4.75. The van der Waals surface area contributed by atoms with Crippen molar-refractivity contribution < 1.29 is 47.8 Å². The van der Waals surface area contributed by atoms with Crippen LogP contribution in [0.4, 0.5) is 0 Å². The van der Waals surface area contributed by atoms with Crippen LogP contribution in [0.5, 0.6) is 0 Å². The van der Waals surface area contributed by atoms with Crippen LogP contribution in [0.25, 0.3) is 0 Å². The molecule has 1 amide bonds. The van der Waals surface area contributed by atoms with Crippen molar-refractivity contribution in [2.45, 2.75) is 283 Å². The van der Waals surface area contributed by atoms with Gasteiger partial charge in [-0.15, -0.1) is 0 Å². The molecule has 0 saturated heterocycles. The Kier molecular flexibility index (Phi) is 44.9. The van der Waals surface area contributed by atoms with E-state index >= 15 is 0 Å². The predicted molar refractivity (Wildman–Crippen MR) is 254 cm³/mol. The molecular formula is C50H98NO10P.